The average molecular weight is 480 g/mol. The second kappa shape index (κ2) is 9.95. The fourth-order valence-electron chi connectivity index (χ4n) is 2.57. The van der Waals surface area contributed by atoms with Crippen LogP contribution in [0.15, 0.2) is 29.3 Å². The number of rotatable bonds is 5. The zero-order valence-electron chi connectivity index (χ0n) is 14.4. The average Bonchev–Trinajstić information content (AvgIpc) is 2.90. The molecule has 1 atom stereocenters. The Morgan fingerprint density at radius 1 is 1.32 bits per heavy atom. The number of amides is 1. The van der Waals surface area contributed by atoms with E-state index in [1.807, 2.05) is 25.1 Å². The van der Waals surface area contributed by atoms with Gasteiger partial charge in [-0.25, -0.2) is 8.42 Å². The zero-order chi connectivity index (χ0) is 17.6. The molecule has 7 nitrogen and oxygen atoms in total. The van der Waals surface area contributed by atoms with E-state index >= 15 is 0 Å². The SMILES string of the molecule is CCNC(=O)c1cccc(CNC(=NC)NC2CCS(=O)(=O)C2)c1.I. The lowest BCUT2D eigenvalue weighted by Gasteiger charge is -2.16. The van der Waals surface area contributed by atoms with Crippen LogP contribution in [0.4, 0.5) is 0 Å². The van der Waals surface area contributed by atoms with Crippen LogP contribution in [0.3, 0.4) is 0 Å². The maximum atomic E-state index is 11.9. The zero-order valence-corrected chi connectivity index (χ0v) is 17.6. The molecule has 1 amide bonds. The Bertz CT molecular complexity index is 722. The molecular formula is C16H25IN4O3S. The van der Waals surface area contributed by atoms with Crippen molar-refractivity contribution in [1.82, 2.24) is 16.0 Å². The largest absolute Gasteiger partial charge is 0.353 e. The van der Waals surface area contributed by atoms with Crippen molar-refractivity contribution in [3.8, 4) is 0 Å². The first kappa shape index (κ1) is 21.7. The van der Waals surface area contributed by atoms with Crippen molar-refractivity contribution in [3.63, 3.8) is 0 Å². The quantitative estimate of drug-likeness (QED) is 0.331. The molecule has 1 heterocycles. The van der Waals surface area contributed by atoms with Gasteiger partial charge in [0.2, 0.25) is 0 Å². The van der Waals surface area contributed by atoms with Crippen LogP contribution in [0.25, 0.3) is 0 Å². The van der Waals surface area contributed by atoms with Crippen LogP contribution in [0.5, 0.6) is 0 Å². The van der Waals surface area contributed by atoms with Gasteiger partial charge in [0.05, 0.1) is 11.5 Å². The smallest absolute Gasteiger partial charge is 0.251 e. The topological polar surface area (TPSA) is 99.7 Å². The molecule has 1 aromatic carbocycles. The van der Waals surface area contributed by atoms with E-state index in [0.717, 1.165) is 5.56 Å². The van der Waals surface area contributed by atoms with Crippen LogP contribution >= 0.6 is 24.0 Å². The molecule has 1 aromatic rings. The van der Waals surface area contributed by atoms with E-state index in [4.69, 9.17) is 0 Å². The molecular weight excluding hydrogens is 455 g/mol. The molecule has 0 aliphatic carbocycles. The Balaban J connectivity index is 0.00000312. The van der Waals surface area contributed by atoms with Crippen molar-refractivity contribution in [2.45, 2.75) is 25.9 Å². The van der Waals surface area contributed by atoms with E-state index in [0.29, 0.717) is 31.0 Å². The number of carbonyl (C=O) groups excluding carboxylic acids is 1. The van der Waals surface area contributed by atoms with Crippen LogP contribution in [0.2, 0.25) is 0 Å². The number of hydrogen-bond donors (Lipinski definition) is 3. The van der Waals surface area contributed by atoms with Crippen molar-refractivity contribution >= 4 is 45.7 Å². The molecule has 9 heteroatoms. The molecule has 1 fully saturated rings. The predicted octanol–water partition coefficient (Wildman–Crippen LogP) is 0.906. The minimum Gasteiger partial charge on any atom is -0.353 e. The van der Waals surface area contributed by atoms with Gasteiger partial charge in [0, 0.05) is 31.7 Å². The molecule has 3 N–H and O–H groups in total. The lowest BCUT2D eigenvalue weighted by atomic mass is 10.1. The summed E-state index contributed by atoms with van der Waals surface area (Å²) in [6, 6.07) is 7.24. The predicted molar refractivity (Wildman–Crippen MR) is 110 cm³/mol. The minimum absolute atomic E-state index is 0. The third-order valence-corrected chi connectivity index (χ3v) is 5.55. The third-order valence-electron chi connectivity index (χ3n) is 3.78. The van der Waals surface area contributed by atoms with Gasteiger partial charge >= 0.3 is 0 Å². The maximum Gasteiger partial charge on any atom is 0.251 e. The number of guanidine groups is 1. The molecule has 1 aliphatic rings. The van der Waals surface area contributed by atoms with Crippen molar-refractivity contribution in [2.24, 2.45) is 4.99 Å². The highest BCUT2D eigenvalue weighted by Crippen LogP contribution is 2.11. The molecule has 2 rings (SSSR count). The number of nitrogens with one attached hydrogen (secondary N) is 3. The molecule has 0 spiro atoms. The van der Waals surface area contributed by atoms with Crippen molar-refractivity contribution in [1.29, 1.82) is 0 Å². The molecule has 0 saturated carbocycles. The van der Waals surface area contributed by atoms with Crippen LogP contribution < -0.4 is 16.0 Å². The van der Waals surface area contributed by atoms with Gasteiger partial charge in [-0.15, -0.1) is 24.0 Å². The summed E-state index contributed by atoms with van der Waals surface area (Å²) in [5.74, 6) is 0.815. The van der Waals surface area contributed by atoms with E-state index < -0.39 is 9.84 Å². The third kappa shape index (κ3) is 6.81. The maximum absolute atomic E-state index is 11.9. The molecule has 1 saturated heterocycles. The molecule has 1 aliphatic heterocycles. The fraction of sp³-hybridized carbons (Fsp3) is 0.500. The number of aliphatic imine (C=N–C) groups is 1. The van der Waals surface area contributed by atoms with Gasteiger partial charge in [-0.1, -0.05) is 12.1 Å². The highest BCUT2D eigenvalue weighted by Gasteiger charge is 2.28. The summed E-state index contributed by atoms with van der Waals surface area (Å²) in [5, 5.41) is 9.05. The van der Waals surface area contributed by atoms with Crippen LogP contribution in [-0.2, 0) is 16.4 Å². The Labute approximate surface area is 166 Å². The standard InChI is InChI=1S/C16H24N4O3S.HI/c1-3-18-15(21)13-6-4-5-12(9-13)10-19-16(17-2)20-14-7-8-24(22,23)11-14;/h4-6,9,14H,3,7-8,10-11H2,1-2H3,(H,18,21)(H2,17,19,20);1H. The normalized spacial score (nSPS) is 19.0. The number of benzene rings is 1. The summed E-state index contributed by atoms with van der Waals surface area (Å²) in [7, 11) is -1.28. The monoisotopic (exact) mass is 480 g/mol. The first-order valence-corrected chi connectivity index (χ1v) is 9.80. The van der Waals surface area contributed by atoms with Gasteiger partial charge in [-0.3, -0.25) is 9.79 Å². The minimum atomic E-state index is -2.93. The first-order valence-electron chi connectivity index (χ1n) is 7.98. The summed E-state index contributed by atoms with van der Waals surface area (Å²) < 4.78 is 23.0. The molecule has 0 aromatic heterocycles. The highest BCUT2D eigenvalue weighted by molar-refractivity contribution is 14.0. The van der Waals surface area contributed by atoms with E-state index in [1.54, 1.807) is 13.1 Å². The number of halogens is 1. The van der Waals surface area contributed by atoms with Crippen LogP contribution in [0, 0.1) is 0 Å². The van der Waals surface area contributed by atoms with Crippen LogP contribution in [-0.4, -0.2) is 51.4 Å². The molecule has 0 bridgehead atoms. The summed E-state index contributed by atoms with van der Waals surface area (Å²) in [6.45, 7) is 2.96. The molecule has 1 unspecified atom stereocenters. The number of hydrogen-bond acceptors (Lipinski definition) is 4. The Morgan fingerprint density at radius 3 is 2.68 bits per heavy atom. The van der Waals surface area contributed by atoms with E-state index in [2.05, 4.69) is 20.9 Å². The second-order valence-corrected chi connectivity index (χ2v) is 7.96. The Hall–Kier alpha value is -1.36. The highest BCUT2D eigenvalue weighted by atomic mass is 127. The summed E-state index contributed by atoms with van der Waals surface area (Å²) in [4.78, 5) is 16.0. The molecule has 0 radical (unpaired) electrons. The van der Waals surface area contributed by atoms with Gasteiger partial charge in [0.1, 0.15) is 0 Å². The summed E-state index contributed by atoms with van der Waals surface area (Å²) >= 11 is 0. The van der Waals surface area contributed by atoms with Gasteiger partial charge in [-0.05, 0) is 31.0 Å². The Morgan fingerprint density at radius 2 is 2.08 bits per heavy atom. The fourth-order valence-corrected chi connectivity index (χ4v) is 4.24. The number of carbonyl (C=O) groups is 1. The van der Waals surface area contributed by atoms with Gasteiger partial charge < -0.3 is 16.0 Å². The van der Waals surface area contributed by atoms with Gasteiger partial charge in [-0.2, -0.15) is 0 Å². The molecule has 140 valence electrons. The van der Waals surface area contributed by atoms with E-state index in [1.165, 1.54) is 0 Å². The van der Waals surface area contributed by atoms with Crippen LogP contribution in [0.1, 0.15) is 29.3 Å². The van der Waals surface area contributed by atoms with Gasteiger partial charge in [0.25, 0.3) is 5.91 Å². The lowest BCUT2D eigenvalue weighted by Crippen LogP contribution is -2.43. The summed E-state index contributed by atoms with van der Waals surface area (Å²) in [6.07, 6.45) is 0.593. The van der Waals surface area contributed by atoms with Crippen molar-refractivity contribution in [3.05, 3.63) is 35.4 Å². The van der Waals surface area contributed by atoms with Crippen molar-refractivity contribution in [2.75, 3.05) is 25.1 Å². The van der Waals surface area contributed by atoms with E-state index in [-0.39, 0.29) is 47.4 Å². The lowest BCUT2D eigenvalue weighted by molar-refractivity contribution is 0.0955. The first-order chi connectivity index (χ1) is 11.4. The van der Waals surface area contributed by atoms with E-state index in [9.17, 15) is 13.2 Å². The Kier molecular flexibility index (Phi) is 8.63. The van der Waals surface area contributed by atoms with Gasteiger partial charge in [0.15, 0.2) is 15.8 Å². The number of sulfone groups is 1. The summed E-state index contributed by atoms with van der Waals surface area (Å²) in [5.41, 5.74) is 1.56. The molecule has 25 heavy (non-hydrogen) atoms. The van der Waals surface area contributed by atoms with Crippen molar-refractivity contribution < 1.29 is 13.2 Å². The second-order valence-electron chi connectivity index (χ2n) is 5.73. The number of nitrogens with zero attached hydrogens (tertiary/aromatic N) is 1.